The Morgan fingerprint density at radius 3 is 2.71 bits per heavy atom. The number of nitrogens with zero attached hydrogens (tertiary/aromatic N) is 2. The predicted octanol–water partition coefficient (Wildman–Crippen LogP) is 3.71. The summed E-state index contributed by atoms with van der Waals surface area (Å²) in [5, 5.41) is 0.898. The minimum atomic E-state index is -0.418. The molecule has 2 N–H and O–H groups in total. The van der Waals surface area contributed by atoms with Crippen molar-refractivity contribution in [3.05, 3.63) is 34.5 Å². The number of methoxy groups -OCH3 is 1. The van der Waals surface area contributed by atoms with Crippen molar-refractivity contribution in [2.75, 3.05) is 12.8 Å². The maximum atomic E-state index is 13.5. The summed E-state index contributed by atoms with van der Waals surface area (Å²) in [6.45, 7) is 4.04. The summed E-state index contributed by atoms with van der Waals surface area (Å²) in [7, 11) is 1.42. The van der Waals surface area contributed by atoms with Crippen LogP contribution in [0.5, 0.6) is 5.75 Å². The van der Waals surface area contributed by atoms with Crippen molar-refractivity contribution >= 4 is 27.4 Å². The number of nitrogens with two attached hydrogens (primary N) is 1. The molecule has 0 unspecified atom stereocenters. The van der Waals surface area contributed by atoms with Crippen LogP contribution in [0.4, 0.5) is 10.2 Å². The monoisotopic (exact) mass is 303 g/mol. The van der Waals surface area contributed by atoms with Crippen LogP contribution in [0.2, 0.25) is 0 Å². The lowest BCUT2D eigenvalue weighted by molar-refractivity contribution is 0.387. The molecule has 0 atom stereocenters. The van der Waals surface area contributed by atoms with Gasteiger partial charge in [-0.3, -0.25) is 0 Å². The highest BCUT2D eigenvalue weighted by Gasteiger charge is 2.14. The molecule has 0 amide bonds. The van der Waals surface area contributed by atoms with Crippen LogP contribution in [0.3, 0.4) is 0 Å². The van der Waals surface area contributed by atoms with E-state index in [9.17, 15) is 4.39 Å². The van der Waals surface area contributed by atoms with Crippen molar-refractivity contribution < 1.29 is 9.13 Å². The van der Waals surface area contributed by atoms with Crippen LogP contribution in [0, 0.1) is 19.7 Å². The number of nitrogen functional groups attached to an aromatic ring is 1. The average molecular weight is 303 g/mol. The molecule has 21 heavy (non-hydrogen) atoms. The molecule has 108 valence electrons. The van der Waals surface area contributed by atoms with Crippen LogP contribution < -0.4 is 10.5 Å². The van der Waals surface area contributed by atoms with Crippen LogP contribution in [0.1, 0.15) is 10.4 Å². The van der Waals surface area contributed by atoms with Gasteiger partial charge < -0.3 is 10.5 Å². The molecule has 0 aliphatic heterocycles. The molecule has 0 saturated heterocycles. The van der Waals surface area contributed by atoms with Crippen LogP contribution in [0.15, 0.2) is 18.2 Å². The van der Waals surface area contributed by atoms with Crippen molar-refractivity contribution in [3.63, 3.8) is 0 Å². The number of anilines is 1. The first-order chi connectivity index (χ1) is 10.0. The summed E-state index contributed by atoms with van der Waals surface area (Å²) in [5.41, 5.74) is 7.84. The summed E-state index contributed by atoms with van der Waals surface area (Å²) in [5.74, 6) is 0.658. The quantitative estimate of drug-likeness (QED) is 0.784. The fourth-order valence-electron chi connectivity index (χ4n) is 2.21. The second-order valence-corrected chi connectivity index (χ2v) is 5.95. The van der Waals surface area contributed by atoms with Crippen LogP contribution >= 0.6 is 11.3 Å². The van der Waals surface area contributed by atoms with Crippen molar-refractivity contribution in [2.45, 2.75) is 13.8 Å². The molecule has 0 bridgehead atoms. The third kappa shape index (κ3) is 2.21. The normalized spacial score (nSPS) is 11.0. The third-order valence-corrected chi connectivity index (χ3v) is 4.57. The number of fused-ring (bicyclic) bond motifs is 1. The second-order valence-electron chi connectivity index (χ2n) is 4.75. The summed E-state index contributed by atoms with van der Waals surface area (Å²) in [4.78, 5) is 10.9. The zero-order valence-corrected chi connectivity index (χ0v) is 12.7. The number of aromatic nitrogens is 2. The molecular formula is C15H14FN3OS. The van der Waals surface area contributed by atoms with Gasteiger partial charge in [-0.15, -0.1) is 11.3 Å². The summed E-state index contributed by atoms with van der Waals surface area (Å²) < 4.78 is 18.5. The topological polar surface area (TPSA) is 61.0 Å². The first-order valence-corrected chi connectivity index (χ1v) is 7.20. The van der Waals surface area contributed by atoms with Gasteiger partial charge in [-0.05, 0) is 37.6 Å². The largest absolute Gasteiger partial charge is 0.494 e. The van der Waals surface area contributed by atoms with Gasteiger partial charge in [-0.2, -0.15) is 0 Å². The number of hydrogen-bond acceptors (Lipinski definition) is 5. The van der Waals surface area contributed by atoms with Crippen LogP contribution in [0.25, 0.3) is 21.6 Å². The Morgan fingerprint density at radius 1 is 1.24 bits per heavy atom. The molecule has 4 nitrogen and oxygen atoms in total. The van der Waals surface area contributed by atoms with Gasteiger partial charge in [0.1, 0.15) is 10.6 Å². The van der Waals surface area contributed by atoms with Crippen LogP contribution in [-0.2, 0) is 0 Å². The van der Waals surface area contributed by atoms with Gasteiger partial charge >= 0.3 is 0 Å². The highest BCUT2D eigenvalue weighted by molar-refractivity contribution is 7.18. The first-order valence-electron chi connectivity index (χ1n) is 6.38. The minimum absolute atomic E-state index is 0.160. The SMILES string of the molecule is COc1cc(-c2nc(N)c3c(C)c(C)sc3n2)ccc1F. The summed E-state index contributed by atoms with van der Waals surface area (Å²) in [6.07, 6.45) is 0. The van der Waals surface area contributed by atoms with E-state index in [2.05, 4.69) is 9.97 Å². The molecule has 6 heteroatoms. The first kappa shape index (κ1) is 13.8. The molecule has 3 aromatic rings. The Morgan fingerprint density at radius 2 is 2.00 bits per heavy atom. The molecular weight excluding hydrogens is 289 g/mol. The number of hydrogen-bond donors (Lipinski definition) is 1. The second kappa shape index (κ2) is 4.96. The number of ether oxygens (including phenoxy) is 1. The average Bonchev–Trinajstić information content (AvgIpc) is 2.75. The fourth-order valence-corrected chi connectivity index (χ4v) is 3.25. The Labute approximate surface area is 125 Å². The summed E-state index contributed by atoms with van der Waals surface area (Å²) in [6, 6.07) is 4.53. The molecule has 3 rings (SSSR count). The Hall–Kier alpha value is -2.21. The minimum Gasteiger partial charge on any atom is -0.494 e. The number of halogens is 1. The number of benzene rings is 1. The smallest absolute Gasteiger partial charge is 0.165 e. The highest BCUT2D eigenvalue weighted by atomic mass is 32.1. The zero-order valence-electron chi connectivity index (χ0n) is 11.9. The molecule has 2 heterocycles. The molecule has 0 fully saturated rings. The van der Waals surface area contributed by atoms with Crippen molar-refractivity contribution in [3.8, 4) is 17.1 Å². The van der Waals surface area contributed by atoms with Gasteiger partial charge in [-0.25, -0.2) is 14.4 Å². The molecule has 1 aromatic carbocycles. The van der Waals surface area contributed by atoms with Gasteiger partial charge in [0.15, 0.2) is 17.4 Å². The lowest BCUT2D eigenvalue weighted by Gasteiger charge is -2.06. The lowest BCUT2D eigenvalue weighted by Crippen LogP contribution is -1.97. The molecule has 0 aliphatic carbocycles. The van der Waals surface area contributed by atoms with E-state index in [-0.39, 0.29) is 5.75 Å². The Bertz CT molecular complexity index is 845. The lowest BCUT2D eigenvalue weighted by atomic mass is 10.1. The third-order valence-electron chi connectivity index (χ3n) is 3.47. The van der Waals surface area contributed by atoms with E-state index in [1.807, 2.05) is 13.8 Å². The van der Waals surface area contributed by atoms with Crippen LogP contribution in [-0.4, -0.2) is 17.1 Å². The van der Waals surface area contributed by atoms with E-state index in [4.69, 9.17) is 10.5 Å². The maximum absolute atomic E-state index is 13.5. The van der Waals surface area contributed by atoms with E-state index >= 15 is 0 Å². The van der Waals surface area contributed by atoms with Gasteiger partial charge in [0, 0.05) is 10.4 Å². The van der Waals surface area contributed by atoms with E-state index < -0.39 is 5.82 Å². The molecule has 0 saturated carbocycles. The number of rotatable bonds is 2. The molecule has 2 aromatic heterocycles. The van der Waals surface area contributed by atoms with Crippen molar-refractivity contribution in [1.29, 1.82) is 0 Å². The summed E-state index contributed by atoms with van der Waals surface area (Å²) >= 11 is 1.58. The zero-order chi connectivity index (χ0) is 15.1. The van der Waals surface area contributed by atoms with E-state index in [0.29, 0.717) is 17.2 Å². The number of thiophene rings is 1. The van der Waals surface area contributed by atoms with Gasteiger partial charge in [0.25, 0.3) is 0 Å². The standard InChI is InChI=1S/C15H14FN3OS/c1-7-8(2)21-15-12(7)13(17)18-14(19-15)9-4-5-10(16)11(6-9)20-3/h4-6H,1-3H3,(H2,17,18,19). The molecule has 0 aliphatic rings. The predicted molar refractivity (Wildman–Crippen MR) is 83.2 cm³/mol. The van der Waals surface area contributed by atoms with Crippen molar-refractivity contribution in [2.24, 2.45) is 0 Å². The van der Waals surface area contributed by atoms with Gasteiger partial charge in [0.2, 0.25) is 0 Å². The van der Waals surface area contributed by atoms with E-state index in [1.54, 1.807) is 23.5 Å². The molecule has 0 radical (unpaired) electrons. The van der Waals surface area contributed by atoms with Gasteiger partial charge in [0.05, 0.1) is 12.5 Å². The number of aryl methyl sites for hydroxylation is 2. The van der Waals surface area contributed by atoms with E-state index in [1.165, 1.54) is 18.1 Å². The van der Waals surface area contributed by atoms with Crippen molar-refractivity contribution in [1.82, 2.24) is 9.97 Å². The Kier molecular flexibility index (Phi) is 3.25. The highest BCUT2D eigenvalue weighted by Crippen LogP contribution is 2.34. The molecule has 0 spiro atoms. The Balaban J connectivity index is 2.21. The van der Waals surface area contributed by atoms with Gasteiger partial charge in [-0.1, -0.05) is 0 Å². The fraction of sp³-hybridized carbons (Fsp3) is 0.200. The maximum Gasteiger partial charge on any atom is 0.165 e. The van der Waals surface area contributed by atoms with E-state index in [0.717, 1.165) is 15.8 Å².